The quantitative estimate of drug-likeness (QED) is 0.865. The van der Waals surface area contributed by atoms with E-state index in [2.05, 4.69) is 23.8 Å². The van der Waals surface area contributed by atoms with Gasteiger partial charge in [0.25, 0.3) is 0 Å². The van der Waals surface area contributed by atoms with Crippen LogP contribution in [0.3, 0.4) is 0 Å². The molecule has 1 aromatic rings. The third-order valence-electron chi connectivity index (χ3n) is 3.90. The summed E-state index contributed by atoms with van der Waals surface area (Å²) in [6, 6.07) is 5.18. The molecule has 1 aliphatic rings. The fraction of sp³-hybridized carbons (Fsp3) is 0.533. The Kier molecular flexibility index (Phi) is 5.07. The van der Waals surface area contributed by atoms with Crippen LogP contribution in [0.1, 0.15) is 24.5 Å². The molecule has 1 aliphatic heterocycles. The Hall–Kier alpha value is -1.04. The van der Waals surface area contributed by atoms with Gasteiger partial charge in [0.05, 0.1) is 0 Å². The molecule has 0 radical (unpaired) electrons. The van der Waals surface area contributed by atoms with Crippen LogP contribution in [0.2, 0.25) is 0 Å². The van der Waals surface area contributed by atoms with Crippen molar-refractivity contribution in [1.82, 2.24) is 9.80 Å². The fourth-order valence-electron chi connectivity index (χ4n) is 2.79. The maximum Gasteiger partial charge on any atom is 0.123 e. The number of nitrogens with two attached hydrogens (primary N) is 1. The molecule has 0 amide bonds. The predicted octanol–water partition coefficient (Wildman–Crippen LogP) is 1.99. The summed E-state index contributed by atoms with van der Waals surface area (Å²) >= 11 is 5.04. The van der Waals surface area contributed by atoms with Crippen molar-refractivity contribution in [3.63, 3.8) is 0 Å². The number of likely N-dealkylation sites (N-methyl/N-ethyl adjacent to an activating group) is 1. The van der Waals surface area contributed by atoms with Gasteiger partial charge in [0.1, 0.15) is 10.8 Å². The van der Waals surface area contributed by atoms with Crippen LogP contribution < -0.4 is 5.73 Å². The number of thiocarbonyl (C=S) groups is 1. The van der Waals surface area contributed by atoms with E-state index in [1.807, 2.05) is 0 Å². The van der Waals surface area contributed by atoms with Crippen molar-refractivity contribution in [2.24, 2.45) is 5.73 Å². The zero-order valence-corrected chi connectivity index (χ0v) is 12.9. The van der Waals surface area contributed by atoms with Gasteiger partial charge < -0.3 is 10.6 Å². The van der Waals surface area contributed by atoms with Gasteiger partial charge in [-0.1, -0.05) is 18.3 Å². The minimum atomic E-state index is -0.291. The lowest BCUT2D eigenvalue weighted by Gasteiger charge is -2.28. The van der Waals surface area contributed by atoms with Crippen molar-refractivity contribution in [3.8, 4) is 0 Å². The molecule has 1 heterocycles. The van der Waals surface area contributed by atoms with Crippen molar-refractivity contribution in [2.45, 2.75) is 25.9 Å². The molecule has 2 N–H and O–H groups in total. The number of halogens is 1. The molecule has 0 aliphatic carbocycles. The van der Waals surface area contributed by atoms with Crippen LogP contribution in [0.5, 0.6) is 0 Å². The van der Waals surface area contributed by atoms with E-state index in [-0.39, 0.29) is 10.8 Å². The molecule has 0 saturated carbocycles. The monoisotopic (exact) mass is 295 g/mol. The summed E-state index contributed by atoms with van der Waals surface area (Å²) in [5, 5.41) is 0. The van der Waals surface area contributed by atoms with Gasteiger partial charge in [-0.25, -0.2) is 4.39 Å². The molecule has 0 spiro atoms. The van der Waals surface area contributed by atoms with Crippen molar-refractivity contribution < 1.29 is 4.39 Å². The average Bonchev–Trinajstić information content (AvgIpc) is 2.53. The molecule has 0 bridgehead atoms. The maximum absolute atomic E-state index is 13.3. The molecule has 1 fully saturated rings. The van der Waals surface area contributed by atoms with Gasteiger partial charge in [0.2, 0.25) is 0 Å². The van der Waals surface area contributed by atoms with E-state index in [9.17, 15) is 4.39 Å². The van der Waals surface area contributed by atoms with Crippen LogP contribution in [0.25, 0.3) is 0 Å². The standard InChI is InChI=1S/C15H22FN3S/c1-11-9-18(2)6-3-7-19(11)10-12-4-5-13(16)8-14(12)15(17)20/h4-5,8,11H,3,6-7,9-10H2,1-2H3,(H2,17,20). The Morgan fingerprint density at radius 3 is 2.90 bits per heavy atom. The van der Waals surface area contributed by atoms with E-state index in [4.69, 9.17) is 18.0 Å². The van der Waals surface area contributed by atoms with Crippen molar-refractivity contribution in [1.29, 1.82) is 0 Å². The topological polar surface area (TPSA) is 32.5 Å². The highest BCUT2D eigenvalue weighted by atomic mass is 32.1. The fourth-order valence-corrected chi connectivity index (χ4v) is 2.98. The van der Waals surface area contributed by atoms with Crippen LogP contribution in [0, 0.1) is 5.82 Å². The molecule has 1 atom stereocenters. The highest BCUT2D eigenvalue weighted by molar-refractivity contribution is 7.80. The average molecular weight is 295 g/mol. The van der Waals surface area contributed by atoms with Gasteiger partial charge in [-0.3, -0.25) is 4.90 Å². The summed E-state index contributed by atoms with van der Waals surface area (Å²) in [5.74, 6) is -0.291. The second kappa shape index (κ2) is 6.61. The number of hydrogen-bond donors (Lipinski definition) is 1. The molecule has 5 heteroatoms. The van der Waals surface area contributed by atoms with E-state index in [1.54, 1.807) is 6.07 Å². The van der Waals surface area contributed by atoms with Crippen LogP contribution in [0.4, 0.5) is 4.39 Å². The molecule has 110 valence electrons. The van der Waals surface area contributed by atoms with Gasteiger partial charge in [-0.2, -0.15) is 0 Å². The van der Waals surface area contributed by atoms with Crippen molar-refractivity contribution in [3.05, 3.63) is 35.1 Å². The molecule has 20 heavy (non-hydrogen) atoms. The molecule has 2 rings (SSSR count). The summed E-state index contributed by atoms with van der Waals surface area (Å²) < 4.78 is 13.3. The van der Waals surface area contributed by atoms with Crippen LogP contribution in [-0.2, 0) is 6.54 Å². The first-order valence-electron chi connectivity index (χ1n) is 6.98. The first-order chi connectivity index (χ1) is 9.47. The van der Waals surface area contributed by atoms with Crippen LogP contribution in [0.15, 0.2) is 18.2 Å². The predicted molar refractivity (Wildman–Crippen MR) is 84.3 cm³/mol. The first kappa shape index (κ1) is 15.4. The Morgan fingerprint density at radius 2 is 2.20 bits per heavy atom. The van der Waals surface area contributed by atoms with Gasteiger partial charge in [-0.05, 0) is 44.6 Å². The van der Waals surface area contributed by atoms with Gasteiger partial charge in [0, 0.05) is 31.2 Å². The molecule has 1 unspecified atom stereocenters. The highest BCUT2D eigenvalue weighted by Gasteiger charge is 2.20. The lowest BCUT2D eigenvalue weighted by Crippen LogP contribution is -2.37. The Morgan fingerprint density at radius 1 is 1.45 bits per heavy atom. The normalized spacial score (nSPS) is 21.6. The lowest BCUT2D eigenvalue weighted by atomic mass is 10.1. The number of benzene rings is 1. The minimum absolute atomic E-state index is 0.263. The summed E-state index contributed by atoms with van der Waals surface area (Å²) in [4.78, 5) is 5.03. The third kappa shape index (κ3) is 3.75. The van der Waals surface area contributed by atoms with Gasteiger partial charge >= 0.3 is 0 Å². The number of hydrogen-bond acceptors (Lipinski definition) is 3. The van der Waals surface area contributed by atoms with Crippen LogP contribution >= 0.6 is 12.2 Å². The summed E-state index contributed by atoms with van der Waals surface area (Å²) in [5.41, 5.74) is 7.38. The van der Waals surface area contributed by atoms with Crippen LogP contribution in [-0.4, -0.2) is 47.5 Å². The summed E-state index contributed by atoms with van der Waals surface area (Å²) in [7, 11) is 2.15. The van der Waals surface area contributed by atoms with E-state index in [0.29, 0.717) is 11.6 Å². The Labute approximate surface area is 125 Å². The SMILES string of the molecule is CC1CN(C)CCCN1Cc1ccc(F)cc1C(N)=S. The van der Waals surface area contributed by atoms with Gasteiger partial charge in [-0.15, -0.1) is 0 Å². The van der Waals surface area contributed by atoms with Gasteiger partial charge in [0.15, 0.2) is 0 Å². The first-order valence-corrected chi connectivity index (χ1v) is 7.39. The molecule has 0 aromatic heterocycles. The maximum atomic E-state index is 13.3. The smallest absolute Gasteiger partial charge is 0.123 e. The minimum Gasteiger partial charge on any atom is -0.389 e. The zero-order valence-electron chi connectivity index (χ0n) is 12.1. The zero-order chi connectivity index (χ0) is 14.7. The molecule has 3 nitrogen and oxygen atoms in total. The summed E-state index contributed by atoms with van der Waals surface area (Å²) in [6.07, 6.45) is 1.14. The Bertz CT molecular complexity index is 492. The van der Waals surface area contributed by atoms with E-state index < -0.39 is 0 Å². The van der Waals surface area contributed by atoms with E-state index in [1.165, 1.54) is 12.1 Å². The number of nitrogens with zero attached hydrogens (tertiary/aromatic N) is 2. The summed E-state index contributed by atoms with van der Waals surface area (Å²) in [6.45, 7) is 6.20. The Balaban J connectivity index is 2.18. The van der Waals surface area contributed by atoms with Crippen molar-refractivity contribution in [2.75, 3.05) is 26.7 Å². The molecule has 1 saturated heterocycles. The van der Waals surface area contributed by atoms with E-state index >= 15 is 0 Å². The number of rotatable bonds is 3. The largest absolute Gasteiger partial charge is 0.389 e. The molecular formula is C15H22FN3S. The lowest BCUT2D eigenvalue weighted by molar-refractivity contribution is 0.194. The van der Waals surface area contributed by atoms with E-state index in [0.717, 1.165) is 38.2 Å². The second-order valence-corrected chi connectivity index (χ2v) is 6.04. The molecule has 1 aromatic carbocycles. The van der Waals surface area contributed by atoms with Crippen molar-refractivity contribution >= 4 is 17.2 Å². The second-order valence-electron chi connectivity index (χ2n) is 5.60. The third-order valence-corrected chi connectivity index (χ3v) is 4.12. The molecular weight excluding hydrogens is 273 g/mol. The highest BCUT2D eigenvalue weighted by Crippen LogP contribution is 2.17.